The second-order valence-electron chi connectivity index (χ2n) is 10.3. The molecule has 2 aliphatic carbocycles. The number of nitrogens with one attached hydrogen (secondary N) is 1. The van der Waals surface area contributed by atoms with E-state index >= 15 is 0 Å². The number of benzene rings is 1. The third-order valence-corrected chi connectivity index (χ3v) is 9.85. The van der Waals surface area contributed by atoms with Crippen molar-refractivity contribution in [2.24, 2.45) is 5.41 Å². The number of aromatic nitrogens is 1. The summed E-state index contributed by atoms with van der Waals surface area (Å²) in [7, 11) is -1.16. The van der Waals surface area contributed by atoms with Gasteiger partial charge >= 0.3 is 0 Å². The quantitative estimate of drug-likeness (QED) is 0.670. The standard InChI is InChI=1S/C25H27ClN4O2S/c26-18-4-2-16(3-5-18)17-10-24(11-17)13-30(14-24)23-19(12-27)21(29-25(15-31)7-1-8-25)22-20(28-23)6-9-33(22)32/h2-5,17,31H,1,6-11,13-15H2,(H,28,29)/t33-/m0/s1. The van der Waals surface area contributed by atoms with Crippen LogP contribution in [0, 0.1) is 16.7 Å². The average Bonchev–Trinajstić information content (AvgIpc) is 3.10. The first-order chi connectivity index (χ1) is 15.9. The van der Waals surface area contributed by atoms with Gasteiger partial charge in [-0.3, -0.25) is 4.21 Å². The Kier molecular flexibility index (Phi) is 4.99. The molecule has 3 fully saturated rings. The van der Waals surface area contributed by atoms with Crippen LogP contribution in [0.4, 0.5) is 11.5 Å². The van der Waals surface area contributed by atoms with Gasteiger partial charge in [0, 0.05) is 35.7 Å². The van der Waals surface area contributed by atoms with Crippen molar-refractivity contribution < 1.29 is 9.32 Å². The summed E-state index contributed by atoms with van der Waals surface area (Å²) >= 11 is 6.03. The van der Waals surface area contributed by atoms with E-state index in [0.29, 0.717) is 40.1 Å². The van der Waals surface area contributed by atoms with Gasteiger partial charge in [-0.2, -0.15) is 5.26 Å². The van der Waals surface area contributed by atoms with Gasteiger partial charge in [-0.25, -0.2) is 4.98 Å². The van der Waals surface area contributed by atoms with Gasteiger partial charge in [0.25, 0.3) is 0 Å². The molecule has 2 N–H and O–H groups in total. The lowest BCUT2D eigenvalue weighted by Crippen LogP contribution is -2.62. The first kappa shape index (κ1) is 21.4. The van der Waals surface area contributed by atoms with Crippen molar-refractivity contribution in [2.75, 3.05) is 35.7 Å². The Balaban J connectivity index is 1.26. The maximum absolute atomic E-state index is 12.8. The topological polar surface area (TPSA) is 89.2 Å². The summed E-state index contributed by atoms with van der Waals surface area (Å²) in [5, 5.41) is 24.4. The zero-order valence-electron chi connectivity index (χ0n) is 18.4. The lowest BCUT2D eigenvalue weighted by Gasteiger charge is -2.60. The smallest absolute Gasteiger partial charge is 0.149 e. The summed E-state index contributed by atoms with van der Waals surface area (Å²) in [5.74, 6) is 1.82. The second-order valence-corrected chi connectivity index (χ2v) is 12.2. The number of aryl methyl sites for hydroxylation is 1. The maximum atomic E-state index is 12.8. The Morgan fingerprint density at radius 3 is 2.61 bits per heavy atom. The van der Waals surface area contributed by atoms with Gasteiger partial charge in [-0.1, -0.05) is 23.7 Å². The highest BCUT2D eigenvalue weighted by atomic mass is 35.5. The molecule has 6 nitrogen and oxygen atoms in total. The Hall–Kier alpha value is -2.14. The average molecular weight is 483 g/mol. The minimum absolute atomic E-state index is 0.00977. The molecule has 2 aliphatic heterocycles. The molecule has 8 heteroatoms. The Labute approximate surface area is 201 Å². The van der Waals surface area contributed by atoms with E-state index in [-0.39, 0.29) is 12.0 Å². The van der Waals surface area contributed by atoms with Crippen molar-refractivity contribution in [3.63, 3.8) is 0 Å². The number of aliphatic hydroxyl groups is 1. The highest BCUT2D eigenvalue weighted by Crippen LogP contribution is 2.57. The first-order valence-electron chi connectivity index (χ1n) is 11.7. The molecule has 0 amide bonds. The van der Waals surface area contributed by atoms with E-state index in [9.17, 15) is 14.6 Å². The van der Waals surface area contributed by atoms with Gasteiger partial charge in [0.15, 0.2) is 0 Å². The molecular formula is C25H27ClN4O2S. The molecule has 1 aromatic heterocycles. The SMILES string of the molecule is N#Cc1c(N2CC3(CC(c4ccc(Cl)cc4)C3)C2)nc2c(c1NC1(CO)CCC1)[S@@](=O)CC2. The van der Waals surface area contributed by atoms with E-state index in [0.717, 1.165) is 55.9 Å². The maximum Gasteiger partial charge on any atom is 0.149 e. The van der Waals surface area contributed by atoms with Crippen molar-refractivity contribution >= 4 is 33.9 Å². The molecule has 6 rings (SSSR count). The van der Waals surface area contributed by atoms with Crippen LogP contribution >= 0.6 is 11.6 Å². The van der Waals surface area contributed by atoms with Crippen LogP contribution in [0.15, 0.2) is 29.2 Å². The summed E-state index contributed by atoms with van der Waals surface area (Å²) in [4.78, 5) is 7.76. The van der Waals surface area contributed by atoms with E-state index in [1.807, 2.05) is 12.1 Å². The zero-order chi connectivity index (χ0) is 22.8. The second kappa shape index (κ2) is 7.69. The van der Waals surface area contributed by atoms with Crippen molar-refractivity contribution in [1.29, 1.82) is 5.26 Å². The highest BCUT2D eigenvalue weighted by molar-refractivity contribution is 7.85. The molecule has 3 heterocycles. The molecule has 33 heavy (non-hydrogen) atoms. The predicted octanol–water partition coefficient (Wildman–Crippen LogP) is 3.98. The Morgan fingerprint density at radius 2 is 2.00 bits per heavy atom. The number of fused-ring (bicyclic) bond motifs is 1. The Morgan fingerprint density at radius 1 is 1.27 bits per heavy atom. The molecule has 1 spiro atoms. The summed E-state index contributed by atoms with van der Waals surface area (Å²) in [6.07, 6.45) is 5.70. The van der Waals surface area contributed by atoms with Gasteiger partial charge in [0.05, 0.1) is 39.2 Å². The third-order valence-electron chi connectivity index (χ3n) is 8.12. The van der Waals surface area contributed by atoms with Crippen molar-refractivity contribution in [2.45, 2.75) is 54.9 Å². The van der Waals surface area contributed by atoms with Crippen molar-refractivity contribution in [3.05, 3.63) is 46.1 Å². The molecule has 4 aliphatic rings. The van der Waals surface area contributed by atoms with Crippen LogP contribution in [0.2, 0.25) is 5.02 Å². The van der Waals surface area contributed by atoms with Crippen molar-refractivity contribution in [3.8, 4) is 6.07 Å². The van der Waals surface area contributed by atoms with E-state index in [1.54, 1.807) is 0 Å². The number of aliphatic hydroxyl groups excluding tert-OH is 1. The summed E-state index contributed by atoms with van der Waals surface area (Å²) in [6, 6.07) is 10.5. The molecule has 172 valence electrons. The number of halogens is 1. The fraction of sp³-hybridized carbons (Fsp3) is 0.520. The summed E-state index contributed by atoms with van der Waals surface area (Å²) in [6.45, 7) is 1.80. The predicted molar refractivity (Wildman–Crippen MR) is 129 cm³/mol. The number of anilines is 2. The number of hydrogen-bond acceptors (Lipinski definition) is 6. The largest absolute Gasteiger partial charge is 0.394 e. The van der Waals surface area contributed by atoms with Crippen LogP contribution in [0.3, 0.4) is 0 Å². The van der Waals surface area contributed by atoms with E-state index in [2.05, 4.69) is 28.4 Å². The van der Waals surface area contributed by atoms with Gasteiger partial charge in [-0.15, -0.1) is 0 Å². The monoisotopic (exact) mass is 482 g/mol. The molecule has 0 radical (unpaired) electrons. The van der Waals surface area contributed by atoms with Crippen LogP contribution in [0.5, 0.6) is 0 Å². The van der Waals surface area contributed by atoms with Gasteiger partial charge in [-0.05, 0) is 55.7 Å². The van der Waals surface area contributed by atoms with Crippen LogP contribution in [-0.2, 0) is 17.2 Å². The normalized spacial score (nSPS) is 24.4. The van der Waals surface area contributed by atoms with Crippen LogP contribution in [0.1, 0.15) is 54.8 Å². The van der Waals surface area contributed by atoms with Gasteiger partial charge in [0.1, 0.15) is 17.5 Å². The fourth-order valence-electron chi connectivity index (χ4n) is 6.08. The van der Waals surface area contributed by atoms with Crippen LogP contribution < -0.4 is 10.2 Å². The first-order valence-corrected chi connectivity index (χ1v) is 13.4. The van der Waals surface area contributed by atoms with Crippen molar-refractivity contribution in [1.82, 2.24) is 4.98 Å². The zero-order valence-corrected chi connectivity index (χ0v) is 20.0. The molecule has 0 bridgehead atoms. The molecule has 1 atom stereocenters. The highest BCUT2D eigenvalue weighted by Gasteiger charge is 2.53. The Bertz CT molecular complexity index is 1170. The van der Waals surface area contributed by atoms with E-state index < -0.39 is 16.3 Å². The van der Waals surface area contributed by atoms with E-state index in [1.165, 1.54) is 5.56 Å². The number of pyridine rings is 1. The molecule has 1 saturated heterocycles. The summed E-state index contributed by atoms with van der Waals surface area (Å²) in [5.41, 5.74) is 3.18. The molecular weight excluding hydrogens is 456 g/mol. The van der Waals surface area contributed by atoms with Gasteiger partial charge in [0.2, 0.25) is 0 Å². The molecule has 1 aromatic carbocycles. The summed E-state index contributed by atoms with van der Waals surface area (Å²) < 4.78 is 12.8. The number of rotatable bonds is 5. The van der Waals surface area contributed by atoms with Crippen LogP contribution in [0.25, 0.3) is 0 Å². The van der Waals surface area contributed by atoms with Crippen LogP contribution in [-0.4, -0.2) is 45.3 Å². The van der Waals surface area contributed by atoms with E-state index in [4.69, 9.17) is 16.6 Å². The number of hydrogen-bond donors (Lipinski definition) is 2. The lowest BCUT2D eigenvalue weighted by molar-refractivity contribution is 0.0626. The molecule has 2 aromatic rings. The third kappa shape index (κ3) is 3.38. The molecule has 2 saturated carbocycles. The van der Waals surface area contributed by atoms with Gasteiger partial charge < -0.3 is 15.3 Å². The fourth-order valence-corrected chi connectivity index (χ4v) is 7.58. The minimum atomic E-state index is -1.16. The minimum Gasteiger partial charge on any atom is -0.394 e. The lowest BCUT2D eigenvalue weighted by atomic mass is 9.56. The number of nitriles is 1. The number of nitrogens with zero attached hydrogens (tertiary/aromatic N) is 3. The molecule has 0 unspecified atom stereocenters.